The Bertz CT molecular complexity index is 950. The monoisotopic (exact) mass is 451 g/mol. The molecule has 0 fully saturated rings. The third kappa shape index (κ3) is 4.87. The molecule has 8 heteroatoms. The van der Waals surface area contributed by atoms with E-state index in [1.54, 1.807) is 54.2 Å². The fourth-order valence-corrected chi connectivity index (χ4v) is 3.20. The number of aromatic nitrogens is 2. The van der Waals surface area contributed by atoms with Crippen LogP contribution in [-0.4, -0.2) is 21.6 Å². The Kier molecular flexibility index (Phi) is 6.13. The zero-order valence-corrected chi connectivity index (χ0v) is 16.7. The second-order valence-corrected chi connectivity index (χ2v) is 7.10. The zero-order valence-electron chi connectivity index (χ0n) is 14.3. The van der Waals surface area contributed by atoms with E-state index >= 15 is 0 Å². The predicted molar refractivity (Wildman–Crippen MR) is 105 cm³/mol. The first kappa shape index (κ1) is 19.4. The van der Waals surface area contributed by atoms with Crippen LogP contribution in [0.3, 0.4) is 0 Å². The minimum Gasteiger partial charge on any atom is -0.480 e. The van der Waals surface area contributed by atoms with Crippen LogP contribution in [0.15, 0.2) is 59.6 Å². The molecule has 1 atom stereocenters. The highest BCUT2D eigenvalue weighted by Gasteiger charge is 2.16. The molecule has 140 valence electrons. The van der Waals surface area contributed by atoms with Crippen LogP contribution < -0.4 is 10.1 Å². The summed E-state index contributed by atoms with van der Waals surface area (Å²) in [5.74, 6) is -0.192. The molecule has 3 rings (SSSR count). The van der Waals surface area contributed by atoms with E-state index in [1.165, 1.54) is 12.4 Å². The predicted octanol–water partition coefficient (Wildman–Crippen LogP) is 4.51. The van der Waals surface area contributed by atoms with Gasteiger partial charge in [-0.25, -0.2) is 9.37 Å². The molecule has 0 aliphatic rings. The molecule has 0 radical (unpaired) electrons. The molecule has 0 aliphatic heterocycles. The van der Waals surface area contributed by atoms with Gasteiger partial charge in [0.25, 0.3) is 5.91 Å². The lowest BCUT2D eigenvalue weighted by Crippen LogP contribution is -2.36. The van der Waals surface area contributed by atoms with E-state index in [-0.39, 0.29) is 12.5 Å². The number of nitrogens with zero attached hydrogens (tertiary/aromatic N) is 2. The molecule has 0 saturated carbocycles. The number of nitrogens with one attached hydrogen (secondary N) is 1. The maximum absolute atomic E-state index is 14.3. The highest BCUT2D eigenvalue weighted by atomic mass is 79.9. The average Bonchev–Trinajstić information content (AvgIpc) is 3.16. The van der Waals surface area contributed by atoms with Crippen LogP contribution in [-0.2, 0) is 11.3 Å². The maximum atomic E-state index is 14.3. The number of rotatable bonds is 6. The highest BCUT2D eigenvalue weighted by molar-refractivity contribution is 9.10. The summed E-state index contributed by atoms with van der Waals surface area (Å²) in [5.41, 5.74) is 1.04. The number of halogens is 3. The summed E-state index contributed by atoms with van der Waals surface area (Å²) < 4.78 is 22.1. The van der Waals surface area contributed by atoms with Gasteiger partial charge in [-0.15, -0.1) is 0 Å². The van der Waals surface area contributed by atoms with Gasteiger partial charge in [-0.2, -0.15) is 0 Å². The summed E-state index contributed by atoms with van der Waals surface area (Å²) in [5, 5.41) is 3.30. The van der Waals surface area contributed by atoms with Gasteiger partial charge < -0.3 is 14.6 Å². The van der Waals surface area contributed by atoms with Gasteiger partial charge in [0.05, 0.1) is 16.5 Å². The Morgan fingerprint density at radius 1 is 1.37 bits per heavy atom. The second-order valence-electron chi connectivity index (χ2n) is 5.81. The molecule has 1 aromatic heterocycles. The molecule has 1 heterocycles. The Hall–Kier alpha value is -2.38. The molecule has 0 aliphatic carbocycles. The summed E-state index contributed by atoms with van der Waals surface area (Å²) in [6.07, 6.45) is 4.03. The van der Waals surface area contributed by atoms with E-state index in [2.05, 4.69) is 26.2 Å². The van der Waals surface area contributed by atoms with Crippen LogP contribution in [0.2, 0.25) is 5.02 Å². The van der Waals surface area contributed by atoms with Crippen molar-refractivity contribution >= 4 is 33.4 Å². The molecular weight excluding hydrogens is 437 g/mol. The molecule has 2 aromatic carbocycles. The van der Waals surface area contributed by atoms with Crippen molar-refractivity contribution < 1.29 is 13.9 Å². The van der Waals surface area contributed by atoms with Crippen LogP contribution in [0.4, 0.5) is 4.39 Å². The average molecular weight is 453 g/mol. The molecule has 1 amide bonds. The van der Waals surface area contributed by atoms with E-state index in [0.717, 1.165) is 0 Å². The van der Waals surface area contributed by atoms with E-state index in [1.807, 2.05) is 0 Å². The van der Waals surface area contributed by atoms with Gasteiger partial charge in [0.2, 0.25) is 0 Å². The quantitative estimate of drug-likeness (QED) is 0.599. The molecular formula is C19H16BrClFN3O2. The lowest BCUT2D eigenvalue weighted by molar-refractivity contribution is -0.127. The first-order chi connectivity index (χ1) is 12.9. The molecule has 27 heavy (non-hydrogen) atoms. The first-order valence-electron chi connectivity index (χ1n) is 8.10. The number of imidazole rings is 1. The normalized spacial score (nSPS) is 11.9. The number of amides is 1. The van der Waals surface area contributed by atoms with E-state index in [4.69, 9.17) is 16.3 Å². The van der Waals surface area contributed by atoms with Gasteiger partial charge in [-0.05, 0) is 58.7 Å². The maximum Gasteiger partial charge on any atom is 0.261 e. The summed E-state index contributed by atoms with van der Waals surface area (Å²) in [6.45, 7) is 1.83. The van der Waals surface area contributed by atoms with Crippen LogP contribution in [0.1, 0.15) is 12.5 Å². The molecule has 1 N–H and O–H groups in total. The van der Waals surface area contributed by atoms with Gasteiger partial charge in [0.1, 0.15) is 11.6 Å². The second kappa shape index (κ2) is 8.54. The number of carbonyl (C=O) groups excluding carboxylic acids is 1. The number of hydrogen-bond acceptors (Lipinski definition) is 3. The lowest BCUT2D eigenvalue weighted by Gasteiger charge is -2.16. The lowest BCUT2D eigenvalue weighted by atomic mass is 10.2. The molecule has 5 nitrogen and oxygen atoms in total. The van der Waals surface area contributed by atoms with Crippen molar-refractivity contribution in [3.8, 4) is 11.4 Å². The van der Waals surface area contributed by atoms with Crippen LogP contribution >= 0.6 is 27.5 Å². The number of ether oxygens (including phenoxy) is 1. The Morgan fingerprint density at radius 2 is 2.19 bits per heavy atom. The van der Waals surface area contributed by atoms with Gasteiger partial charge in [-0.1, -0.05) is 17.7 Å². The molecule has 1 unspecified atom stereocenters. The summed E-state index contributed by atoms with van der Waals surface area (Å²) in [4.78, 5) is 16.2. The number of hydrogen-bond donors (Lipinski definition) is 1. The third-order valence-corrected chi connectivity index (χ3v) is 4.68. The Labute approximate surface area is 169 Å². The summed E-state index contributed by atoms with van der Waals surface area (Å²) in [7, 11) is 0. The SMILES string of the molecule is CC(Oc1ccc(Cl)cc1Br)C(=O)NCc1ccc(-n2ccnc2)c(F)c1. The molecule has 0 saturated heterocycles. The molecule has 3 aromatic rings. The molecule has 0 spiro atoms. The first-order valence-corrected chi connectivity index (χ1v) is 9.27. The van der Waals surface area contributed by atoms with Crippen molar-refractivity contribution in [1.29, 1.82) is 0 Å². The van der Waals surface area contributed by atoms with Crippen LogP contribution in [0, 0.1) is 5.82 Å². The molecule has 0 bridgehead atoms. The van der Waals surface area contributed by atoms with Gasteiger partial charge in [-0.3, -0.25) is 4.79 Å². The minimum absolute atomic E-state index is 0.190. The van der Waals surface area contributed by atoms with Crippen molar-refractivity contribution in [2.45, 2.75) is 19.6 Å². The minimum atomic E-state index is -0.724. The topological polar surface area (TPSA) is 56.1 Å². The van der Waals surface area contributed by atoms with Gasteiger partial charge in [0.15, 0.2) is 6.10 Å². The standard InChI is InChI=1S/C19H16BrClFN3O2/c1-12(27-18-5-3-14(21)9-15(18)20)19(26)24-10-13-2-4-17(16(22)8-13)25-7-6-23-11-25/h2-9,11-12H,10H2,1H3,(H,24,26). The van der Waals surface area contributed by atoms with E-state index in [0.29, 0.717) is 26.5 Å². The third-order valence-electron chi connectivity index (χ3n) is 3.83. The van der Waals surface area contributed by atoms with Crippen LogP contribution in [0.25, 0.3) is 5.69 Å². The fourth-order valence-electron chi connectivity index (χ4n) is 2.42. The van der Waals surface area contributed by atoms with Gasteiger partial charge >= 0.3 is 0 Å². The Balaban J connectivity index is 1.59. The van der Waals surface area contributed by atoms with Crippen molar-refractivity contribution in [3.63, 3.8) is 0 Å². The zero-order chi connectivity index (χ0) is 19.4. The van der Waals surface area contributed by atoms with Crippen molar-refractivity contribution in [3.05, 3.63) is 76.0 Å². The van der Waals surface area contributed by atoms with Crippen LogP contribution in [0.5, 0.6) is 5.75 Å². The number of carbonyl (C=O) groups is 1. The smallest absolute Gasteiger partial charge is 0.261 e. The summed E-state index contributed by atoms with van der Waals surface area (Å²) >= 11 is 9.23. The van der Waals surface area contributed by atoms with Gasteiger partial charge in [0, 0.05) is 24.0 Å². The Morgan fingerprint density at radius 3 is 2.85 bits per heavy atom. The van der Waals surface area contributed by atoms with Crippen molar-refractivity contribution in [2.24, 2.45) is 0 Å². The summed E-state index contributed by atoms with van der Waals surface area (Å²) in [6, 6.07) is 9.82. The van der Waals surface area contributed by atoms with E-state index in [9.17, 15) is 9.18 Å². The van der Waals surface area contributed by atoms with Crippen molar-refractivity contribution in [2.75, 3.05) is 0 Å². The van der Waals surface area contributed by atoms with Crippen molar-refractivity contribution in [1.82, 2.24) is 14.9 Å². The largest absolute Gasteiger partial charge is 0.480 e. The fraction of sp³-hybridized carbons (Fsp3) is 0.158. The number of benzene rings is 2. The van der Waals surface area contributed by atoms with E-state index < -0.39 is 11.9 Å². The highest BCUT2D eigenvalue weighted by Crippen LogP contribution is 2.28.